The summed E-state index contributed by atoms with van der Waals surface area (Å²) in [6.45, 7) is 23.3. The number of hydrogen-bond acceptors (Lipinski definition) is 10. The van der Waals surface area contributed by atoms with Crippen molar-refractivity contribution in [3.63, 3.8) is 0 Å². The van der Waals surface area contributed by atoms with E-state index in [1.165, 1.54) is 6.42 Å². The zero-order valence-corrected chi connectivity index (χ0v) is 40.1. The van der Waals surface area contributed by atoms with Gasteiger partial charge in [-0.1, -0.05) is 115 Å². The first-order valence-electron chi connectivity index (χ1n) is 25.2. The molecule has 12 aliphatic rings. The first-order valence-corrected chi connectivity index (χ1v) is 25.2. The van der Waals surface area contributed by atoms with Gasteiger partial charge in [-0.25, -0.2) is 0 Å². The van der Waals surface area contributed by atoms with E-state index >= 15 is 9.59 Å². The van der Waals surface area contributed by atoms with Gasteiger partial charge in [0.1, 0.15) is 17.0 Å². The van der Waals surface area contributed by atoms with Crippen molar-refractivity contribution in [1.82, 2.24) is 0 Å². The number of cyclic esters (lactones) is 3. The third-order valence-electron chi connectivity index (χ3n) is 22.2. The summed E-state index contributed by atoms with van der Waals surface area (Å²) in [6, 6.07) is 0. The molecule has 412 valence electrons. The van der Waals surface area contributed by atoms with E-state index in [4.69, 9.17) is 18.9 Å². The smallest absolute Gasteiger partial charge is 0.318 e. The van der Waals surface area contributed by atoms with Crippen LogP contribution >= 0.6 is 0 Å². The van der Waals surface area contributed by atoms with E-state index in [0.717, 1.165) is 51.4 Å². The Labute approximate surface area is 434 Å². The zero-order valence-electron chi connectivity index (χ0n) is 40.1. The standard InChI is InChI=1S/C53H76O10.8CH4/c1-26-35-19-36(37-23-60-43(56)38(35)37)39(26)47(3,4)24-50(9,45(58)62-52(11)33-15-28-12-29(17-33)18-34(52)16-28)48(5,6)25-51(10,49(7,8)40-27(2)42(55)61-44(40)57)46(59)63-53-20-30-13-31(21-53)41(54)32(14-30)22-53;;;;;;;;/h26-40H,12-25H2,1-11H3;8*1H4. The lowest BCUT2D eigenvalue weighted by atomic mass is 9.47. The molecule has 0 aromatic rings. The maximum atomic E-state index is 16.0. The second-order valence-electron chi connectivity index (χ2n) is 26.6. The SMILES string of the molecule is C.C.C.C.C.C.C.C.CC1C(=O)OC(=O)C1C(C)(C)C(C)(CC(C)(C)C(C)(CC(C)(C)C1C(C)C2CC1C1COC(=O)C21)C(=O)OC1(C)C2CC3CC(C2)CC1C3)C(=O)OC12CC3CC(C1)C(=O)C(C3)C2. The van der Waals surface area contributed by atoms with Crippen LogP contribution in [0.1, 0.15) is 219 Å². The average Bonchev–Trinajstić information content (AvgIpc) is 3.91. The normalized spacial score (nSPS) is 41.2. The van der Waals surface area contributed by atoms with E-state index in [1.807, 2.05) is 20.8 Å². The molecule has 12 rings (SSSR count). The molecule has 2 aliphatic heterocycles. The molecule has 2 heterocycles. The Kier molecular flexibility index (Phi) is 18.5. The van der Waals surface area contributed by atoms with Crippen LogP contribution in [0.15, 0.2) is 0 Å². The van der Waals surface area contributed by atoms with Crippen LogP contribution in [0.5, 0.6) is 0 Å². The molecule has 0 amide bonds. The third-order valence-corrected chi connectivity index (χ3v) is 22.2. The second-order valence-corrected chi connectivity index (χ2v) is 26.6. The van der Waals surface area contributed by atoms with Crippen LogP contribution in [-0.2, 0) is 47.7 Å². The molecule has 0 N–H and O–H groups in total. The highest BCUT2D eigenvalue weighted by Crippen LogP contribution is 2.69. The van der Waals surface area contributed by atoms with Gasteiger partial charge in [-0.15, -0.1) is 0 Å². The quantitative estimate of drug-likeness (QED) is 0.105. The number of carbonyl (C=O) groups is 6. The highest BCUT2D eigenvalue weighted by atomic mass is 16.6. The molecule has 12 fully saturated rings. The van der Waals surface area contributed by atoms with E-state index in [1.54, 1.807) is 6.92 Å². The van der Waals surface area contributed by atoms with Gasteiger partial charge < -0.3 is 18.9 Å². The van der Waals surface area contributed by atoms with Crippen molar-refractivity contribution in [2.45, 2.75) is 230 Å². The predicted octanol–water partition coefficient (Wildman–Crippen LogP) is 14.4. The van der Waals surface area contributed by atoms with E-state index in [9.17, 15) is 19.2 Å². The first-order chi connectivity index (χ1) is 29.2. The maximum Gasteiger partial charge on any atom is 0.318 e. The number of ketones is 1. The van der Waals surface area contributed by atoms with Crippen LogP contribution in [0.2, 0.25) is 0 Å². The summed E-state index contributed by atoms with van der Waals surface area (Å²) < 4.78 is 25.1. The Morgan fingerprint density at radius 2 is 1.11 bits per heavy atom. The molecule has 2 saturated heterocycles. The Bertz CT molecular complexity index is 1970. The van der Waals surface area contributed by atoms with Gasteiger partial charge in [0, 0.05) is 17.8 Å². The van der Waals surface area contributed by atoms with Crippen molar-refractivity contribution >= 4 is 35.6 Å². The van der Waals surface area contributed by atoms with Gasteiger partial charge in [0.2, 0.25) is 0 Å². The van der Waals surface area contributed by atoms with Gasteiger partial charge in [-0.2, -0.15) is 0 Å². The molecule has 10 saturated carbocycles. The number of esters is 5. The Hall–Kier alpha value is -2.78. The van der Waals surface area contributed by atoms with Crippen molar-refractivity contribution in [1.29, 1.82) is 0 Å². The molecule has 71 heavy (non-hydrogen) atoms. The van der Waals surface area contributed by atoms with E-state index in [2.05, 4.69) is 48.5 Å². The van der Waals surface area contributed by atoms with Gasteiger partial charge in [0.15, 0.2) is 0 Å². The summed E-state index contributed by atoms with van der Waals surface area (Å²) in [5.41, 5.74) is -6.31. The average molecular weight is 1000 g/mol. The van der Waals surface area contributed by atoms with Crippen LogP contribution in [0.3, 0.4) is 0 Å². The van der Waals surface area contributed by atoms with Gasteiger partial charge in [0.05, 0.1) is 35.2 Å². The zero-order chi connectivity index (χ0) is 45.4. The lowest BCUT2D eigenvalue weighted by molar-refractivity contribution is -0.225. The molecule has 12 unspecified atom stereocenters. The molecular formula is C61H108O10. The molecule has 10 bridgehead atoms. The monoisotopic (exact) mass is 1000 g/mol. The summed E-state index contributed by atoms with van der Waals surface area (Å²) in [6.07, 6.45) is 10.8. The van der Waals surface area contributed by atoms with Crippen molar-refractivity contribution in [3.05, 3.63) is 0 Å². The van der Waals surface area contributed by atoms with Crippen LogP contribution in [0, 0.1) is 116 Å². The fraction of sp³-hybridized carbons (Fsp3) is 0.902. The minimum Gasteiger partial charge on any atom is -0.465 e. The number of hydrogen-bond donors (Lipinski definition) is 0. The van der Waals surface area contributed by atoms with Gasteiger partial charge in [0.25, 0.3) is 0 Å². The lowest BCUT2D eigenvalue weighted by Gasteiger charge is -2.60. The maximum absolute atomic E-state index is 16.0. The topological polar surface area (TPSA) is 139 Å². The highest BCUT2D eigenvalue weighted by Gasteiger charge is 2.69. The minimum atomic E-state index is -1.39. The summed E-state index contributed by atoms with van der Waals surface area (Å²) in [4.78, 5) is 84.8. The van der Waals surface area contributed by atoms with Crippen molar-refractivity contribution in [3.8, 4) is 0 Å². The molecule has 0 aromatic carbocycles. The van der Waals surface area contributed by atoms with Crippen molar-refractivity contribution in [2.75, 3.05) is 6.61 Å². The first kappa shape index (κ1) is 64.3. The molecule has 10 nitrogen and oxygen atoms in total. The second kappa shape index (κ2) is 20.4. The molecule has 0 spiro atoms. The van der Waals surface area contributed by atoms with E-state index in [-0.39, 0.29) is 125 Å². The lowest BCUT2D eigenvalue weighted by Crippen LogP contribution is -2.62. The fourth-order valence-electron chi connectivity index (χ4n) is 18.8. The summed E-state index contributed by atoms with van der Waals surface area (Å²) in [5.74, 6) is 0.0518. The number of carbonyl (C=O) groups excluding carboxylic acids is 6. The van der Waals surface area contributed by atoms with E-state index < -0.39 is 62.6 Å². The predicted molar refractivity (Wildman–Crippen MR) is 286 cm³/mol. The minimum absolute atomic E-state index is 0. The number of fused-ring (bicyclic) bond motifs is 5. The van der Waals surface area contributed by atoms with Crippen molar-refractivity contribution < 1.29 is 47.7 Å². The molecule has 12 atom stereocenters. The molecular weight excluding hydrogens is 893 g/mol. The molecule has 10 aliphatic carbocycles. The van der Waals surface area contributed by atoms with Crippen LogP contribution < -0.4 is 0 Å². The van der Waals surface area contributed by atoms with Crippen LogP contribution in [-0.4, -0.2) is 53.4 Å². The molecule has 0 aromatic heterocycles. The Morgan fingerprint density at radius 3 is 1.62 bits per heavy atom. The van der Waals surface area contributed by atoms with Gasteiger partial charge >= 0.3 is 29.8 Å². The number of Topliss-reactive ketones (excluding diaryl/α,β-unsaturated/α-hetero) is 1. The summed E-state index contributed by atoms with van der Waals surface area (Å²) >= 11 is 0. The third kappa shape index (κ3) is 9.10. The van der Waals surface area contributed by atoms with E-state index in [0.29, 0.717) is 67.2 Å². The number of rotatable bonds is 12. The van der Waals surface area contributed by atoms with Gasteiger partial charge in [-0.3, -0.25) is 28.8 Å². The number of ether oxygens (including phenoxy) is 4. The summed E-state index contributed by atoms with van der Waals surface area (Å²) in [7, 11) is 0. The van der Waals surface area contributed by atoms with Crippen molar-refractivity contribution in [2.24, 2.45) is 116 Å². The Morgan fingerprint density at radius 1 is 0.592 bits per heavy atom. The van der Waals surface area contributed by atoms with Crippen LogP contribution in [0.25, 0.3) is 0 Å². The summed E-state index contributed by atoms with van der Waals surface area (Å²) in [5, 5.41) is 0. The Balaban J connectivity index is 0.00000216. The molecule has 0 radical (unpaired) electrons. The largest absolute Gasteiger partial charge is 0.465 e. The molecule has 10 heteroatoms. The van der Waals surface area contributed by atoms with Crippen LogP contribution in [0.4, 0.5) is 0 Å². The fourth-order valence-corrected chi connectivity index (χ4v) is 18.8. The van der Waals surface area contributed by atoms with Gasteiger partial charge in [-0.05, 0) is 174 Å². The highest BCUT2D eigenvalue weighted by molar-refractivity contribution is 5.97.